The highest BCUT2D eigenvalue weighted by atomic mass is 32.1. The van der Waals surface area contributed by atoms with Gasteiger partial charge in [-0.1, -0.05) is 27.0 Å². The average molecular weight is 415 g/mol. The molecule has 2 aromatic heterocycles. The molecule has 5 nitrogen and oxygen atoms in total. The van der Waals surface area contributed by atoms with E-state index in [2.05, 4.69) is 22.8 Å². The molecule has 4 atom stereocenters. The van der Waals surface area contributed by atoms with Crippen molar-refractivity contribution in [3.8, 4) is 0 Å². The average Bonchev–Trinajstić information content (AvgIpc) is 3.37. The van der Waals surface area contributed by atoms with Crippen LogP contribution in [0.2, 0.25) is 0 Å². The van der Waals surface area contributed by atoms with E-state index in [1.807, 2.05) is 11.4 Å². The van der Waals surface area contributed by atoms with Crippen molar-refractivity contribution in [1.29, 1.82) is 0 Å². The highest BCUT2D eigenvalue weighted by molar-refractivity contribution is 7.11. The van der Waals surface area contributed by atoms with Gasteiger partial charge in [-0.05, 0) is 47.6 Å². The van der Waals surface area contributed by atoms with E-state index in [4.69, 9.17) is 15.9 Å². The molecule has 2 fully saturated rings. The SMILES string of the molecule is C.C.N[C@H]1C[C@H]1CO.O=Cc1cccs1.OC[C@@H]1C[C@@H]1NCc1cccs1. The lowest BCUT2D eigenvalue weighted by Crippen LogP contribution is -2.17. The normalized spacial score (nSPS) is 24.0. The fourth-order valence-electron chi connectivity index (χ4n) is 2.18. The van der Waals surface area contributed by atoms with Gasteiger partial charge in [-0.25, -0.2) is 0 Å². The molecule has 0 saturated heterocycles. The maximum absolute atomic E-state index is 9.88. The molecule has 154 valence electrons. The maximum Gasteiger partial charge on any atom is 0.159 e. The number of carbonyl (C=O) groups excluding carboxylic acids is 1. The Bertz CT molecular complexity index is 588. The van der Waals surface area contributed by atoms with E-state index < -0.39 is 0 Å². The first-order valence-electron chi connectivity index (χ1n) is 8.39. The Morgan fingerprint density at radius 2 is 1.70 bits per heavy atom. The van der Waals surface area contributed by atoms with E-state index in [1.165, 1.54) is 16.2 Å². The van der Waals surface area contributed by atoms with Crippen molar-refractivity contribution in [1.82, 2.24) is 5.32 Å². The van der Waals surface area contributed by atoms with Crippen LogP contribution >= 0.6 is 22.7 Å². The van der Waals surface area contributed by atoms with Crippen molar-refractivity contribution in [2.24, 2.45) is 17.6 Å². The first-order chi connectivity index (χ1) is 12.2. The molecule has 2 heterocycles. The van der Waals surface area contributed by atoms with E-state index in [1.54, 1.807) is 17.4 Å². The Morgan fingerprint density at radius 1 is 1.07 bits per heavy atom. The predicted octanol–water partition coefficient (Wildman–Crippen LogP) is 3.38. The summed E-state index contributed by atoms with van der Waals surface area (Å²) < 4.78 is 0. The molecular weight excluding hydrogens is 380 g/mol. The minimum absolute atomic E-state index is 0. The lowest BCUT2D eigenvalue weighted by atomic mass is 10.4. The molecular formula is C20H34N2O3S2. The summed E-state index contributed by atoms with van der Waals surface area (Å²) in [6, 6.07) is 8.73. The van der Waals surface area contributed by atoms with Crippen LogP contribution < -0.4 is 11.1 Å². The molecule has 0 radical (unpaired) electrons. The predicted molar refractivity (Wildman–Crippen MR) is 116 cm³/mol. The van der Waals surface area contributed by atoms with E-state index in [9.17, 15) is 4.79 Å². The fraction of sp³-hybridized carbons (Fsp3) is 0.550. The number of carbonyl (C=O) groups is 1. The summed E-state index contributed by atoms with van der Waals surface area (Å²) in [7, 11) is 0. The van der Waals surface area contributed by atoms with Crippen LogP contribution in [0.4, 0.5) is 0 Å². The third kappa shape index (κ3) is 10.1. The van der Waals surface area contributed by atoms with Gasteiger partial charge in [0.1, 0.15) is 0 Å². The van der Waals surface area contributed by atoms with E-state index in [-0.39, 0.29) is 21.5 Å². The quantitative estimate of drug-likeness (QED) is 0.544. The van der Waals surface area contributed by atoms with Gasteiger partial charge < -0.3 is 21.3 Å². The van der Waals surface area contributed by atoms with Gasteiger partial charge in [0, 0.05) is 36.7 Å². The van der Waals surface area contributed by atoms with Gasteiger partial charge in [0.2, 0.25) is 0 Å². The van der Waals surface area contributed by atoms with Crippen LogP contribution in [-0.4, -0.2) is 41.8 Å². The van der Waals surface area contributed by atoms with Crippen LogP contribution in [0.25, 0.3) is 0 Å². The van der Waals surface area contributed by atoms with Crippen molar-refractivity contribution in [2.75, 3.05) is 13.2 Å². The molecule has 2 saturated carbocycles. The lowest BCUT2D eigenvalue weighted by Gasteiger charge is -1.99. The molecule has 7 heteroatoms. The maximum atomic E-state index is 9.88. The Labute approximate surface area is 171 Å². The zero-order valence-corrected chi connectivity index (χ0v) is 15.7. The monoisotopic (exact) mass is 414 g/mol. The molecule has 2 aromatic rings. The number of aliphatic hydroxyl groups excluding tert-OH is 2. The van der Waals surface area contributed by atoms with E-state index in [0.29, 0.717) is 30.5 Å². The van der Waals surface area contributed by atoms with Gasteiger partial charge in [0.25, 0.3) is 0 Å². The molecule has 27 heavy (non-hydrogen) atoms. The minimum atomic E-state index is 0. The number of rotatable bonds is 6. The van der Waals surface area contributed by atoms with Gasteiger partial charge in [-0.3, -0.25) is 4.79 Å². The Balaban J connectivity index is 0.000000391. The standard InChI is InChI=1S/C9H13NOS.C5H4OS.C4H9NO.2CH4/c11-6-7-4-9(7)10-5-8-2-1-3-12-8;6-4-5-2-1-3-7-5;5-4-1-3(4)2-6;;/h1-3,7,9-11H,4-6H2;1-4H;3-4,6H,1-2,5H2;2*1H4/t7-,9-;;3-,4-;;/m0.0../s1. The molecule has 0 amide bonds. The van der Waals surface area contributed by atoms with Gasteiger partial charge in [0.05, 0.1) is 4.88 Å². The summed E-state index contributed by atoms with van der Waals surface area (Å²) in [6.07, 6.45) is 3.02. The minimum Gasteiger partial charge on any atom is -0.396 e. The number of aliphatic hydroxyl groups is 2. The molecule has 5 N–H and O–H groups in total. The first kappa shape index (κ1) is 25.9. The second-order valence-corrected chi connectivity index (χ2v) is 8.23. The molecule has 2 aliphatic carbocycles. The molecule has 0 spiro atoms. The zero-order chi connectivity index (χ0) is 18.1. The van der Waals surface area contributed by atoms with Crippen LogP contribution in [0, 0.1) is 11.8 Å². The summed E-state index contributed by atoms with van der Waals surface area (Å²) in [6.45, 7) is 1.57. The van der Waals surface area contributed by atoms with Gasteiger partial charge in [-0.15, -0.1) is 22.7 Å². The van der Waals surface area contributed by atoms with Gasteiger partial charge in [0.15, 0.2) is 6.29 Å². The number of hydrogen-bond acceptors (Lipinski definition) is 7. The summed E-state index contributed by atoms with van der Waals surface area (Å²) in [5.41, 5.74) is 5.32. The number of thiophene rings is 2. The molecule has 0 aromatic carbocycles. The third-order valence-electron chi connectivity index (χ3n) is 4.15. The lowest BCUT2D eigenvalue weighted by molar-refractivity contribution is 0.112. The van der Waals surface area contributed by atoms with E-state index >= 15 is 0 Å². The third-order valence-corrected chi connectivity index (χ3v) is 5.82. The number of aldehydes is 1. The summed E-state index contributed by atoms with van der Waals surface area (Å²) in [5.74, 6) is 0.954. The van der Waals surface area contributed by atoms with E-state index in [0.717, 1.165) is 30.5 Å². The topological polar surface area (TPSA) is 95.6 Å². The Hall–Kier alpha value is -1.09. The Morgan fingerprint density at radius 3 is 2.04 bits per heavy atom. The summed E-state index contributed by atoms with van der Waals surface area (Å²) in [4.78, 5) is 12.0. The van der Waals surface area contributed by atoms with Crippen LogP contribution in [-0.2, 0) is 6.54 Å². The second-order valence-electron chi connectivity index (χ2n) is 6.22. The molecule has 4 rings (SSSR count). The van der Waals surface area contributed by atoms with Crippen LogP contribution in [0.1, 0.15) is 42.2 Å². The van der Waals surface area contributed by atoms with Gasteiger partial charge >= 0.3 is 0 Å². The molecule has 0 aliphatic heterocycles. The van der Waals surface area contributed by atoms with Crippen molar-refractivity contribution >= 4 is 29.0 Å². The number of nitrogens with one attached hydrogen (secondary N) is 1. The zero-order valence-electron chi connectivity index (χ0n) is 14.1. The second kappa shape index (κ2) is 14.0. The first-order valence-corrected chi connectivity index (χ1v) is 10.2. The summed E-state index contributed by atoms with van der Waals surface area (Å²) in [5, 5.41) is 24.5. The fourth-order valence-corrected chi connectivity index (χ4v) is 3.37. The molecule has 0 unspecified atom stereocenters. The smallest absolute Gasteiger partial charge is 0.159 e. The highest BCUT2D eigenvalue weighted by Crippen LogP contribution is 2.29. The highest BCUT2D eigenvalue weighted by Gasteiger charge is 2.35. The van der Waals surface area contributed by atoms with Crippen LogP contribution in [0.15, 0.2) is 35.0 Å². The largest absolute Gasteiger partial charge is 0.396 e. The molecule has 2 aliphatic rings. The van der Waals surface area contributed by atoms with Crippen molar-refractivity contribution in [2.45, 2.75) is 46.3 Å². The number of hydrogen-bond donors (Lipinski definition) is 4. The van der Waals surface area contributed by atoms with Crippen molar-refractivity contribution in [3.63, 3.8) is 0 Å². The van der Waals surface area contributed by atoms with Crippen molar-refractivity contribution < 1.29 is 15.0 Å². The summed E-state index contributed by atoms with van der Waals surface area (Å²) >= 11 is 3.23. The van der Waals surface area contributed by atoms with Gasteiger partial charge in [-0.2, -0.15) is 0 Å². The van der Waals surface area contributed by atoms with Crippen LogP contribution in [0.5, 0.6) is 0 Å². The molecule has 0 bridgehead atoms. The van der Waals surface area contributed by atoms with Crippen LogP contribution in [0.3, 0.4) is 0 Å². The van der Waals surface area contributed by atoms with Crippen molar-refractivity contribution in [3.05, 3.63) is 44.8 Å². The number of nitrogens with two attached hydrogens (primary N) is 1. The Kier molecular flexibility index (Phi) is 13.4.